The summed E-state index contributed by atoms with van der Waals surface area (Å²) in [5.74, 6) is -52.7. The summed E-state index contributed by atoms with van der Waals surface area (Å²) in [5, 5.41) is 0. The van der Waals surface area contributed by atoms with Gasteiger partial charge >= 0.3 is 53.8 Å². The van der Waals surface area contributed by atoms with E-state index in [2.05, 4.69) is 9.47 Å². The van der Waals surface area contributed by atoms with Gasteiger partial charge in [-0.05, 0) is 0 Å². The molecule has 22 heteroatoms. The molecule has 222 valence electrons. The summed E-state index contributed by atoms with van der Waals surface area (Å²) in [7, 11) is 0. The molecule has 1 saturated heterocycles. The molecule has 0 radical (unpaired) electrons. The molecule has 0 bridgehead atoms. The van der Waals surface area contributed by atoms with E-state index in [0.717, 1.165) is 0 Å². The third-order valence-corrected chi connectivity index (χ3v) is 4.88. The Morgan fingerprint density at radius 2 is 0.811 bits per heavy atom. The van der Waals surface area contributed by atoms with Crippen molar-refractivity contribution >= 4 is 0 Å². The van der Waals surface area contributed by atoms with Gasteiger partial charge in [0.1, 0.15) is 6.61 Å². The van der Waals surface area contributed by atoms with Gasteiger partial charge in [0.25, 0.3) is 0 Å². The van der Waals surface area contributed by atoms with Gasteiger partial charge in [-0.3, -0.25) is 0 Å². The molecule has 1 aliphatic heterocycles. The van der Waals surface area contributed by atoms with Crippen LogP contribution in [0.2, 0.25) is 0 Å². The zero-order chi connectivity index (χ0) is 29.9. The first-order valence-corrected chi connectivity index (χ1v) is 8.93. The predicted octanol–water partition coefficient (Wildman–Crippen LogP) is 7.47. The van der Waals surface area contributed by atoms with Crippen molar-refractivity contribution in [3.63, 3.8) is 0 Å². The van der Waals surface area contributed by atoms with Crippen molar-refractivity contribution in [2.75, 3.05) is 13.2 Å². The van der Waals surface area contributed by atoms with Crippen molar-refractivity contribution in [1.82, 2.24) is 0 Å². The molecule has 1 atom stereocenters. The molecule has 0 amide bonds. The minimum atomic E-state index is -7.75. The Morgan fingerprint density at radius 1 is 0.486 bits per heavy atom. The minimum Gasteiger partial charge on any atom is -0.347 e. The van der Waals surface area contributed by atoms with E-state index in [4.69, 9.17) is 0 Å². The van der Waals surface area contributed by atoms with E-state index < -0.39 is 92.1 Å². The first-order chi connectivity index (χ1) is 15.9. The van der Waals surface area contributed by atoms with Crippen LogP contribution in [0, 0.1) is 0 Å². The summed E-state index contributed by atoms with van der Waals surface area (Å²) in [4.78, 5) is 0. The molecule has 1 unspecified atom stereocenters. The highest BCUT2D eigenvalue weighted by Crippen LogP contribution is 2.59. The van der Waals surface area contributed by atoms with Crippen LogP contribution in [0.4, 0.5) is 87.8 Å². The molecule has 1 fully saturated rings. The number of halogens is 20. The maximum atomic E-state index is 13.6. The molecule has 0 spiro atoms. The average molecular weight is 602 g/mol. The van der Waals surface area contributed by atoms with Crippen LogP contribution in [-0.4, -0.2) is 72.8 Å². The van der Waals surface area contributed by atoms with Gasteiger partial charge in [0.2, 0.25) is 0 Å². The molecule has 1 aliphatic rings. The van der Waals surface area contributed by atoms with Crippen LogP contribution < -0.4 is 0 Å². The van der Waals surface area contributed by atoms with E-state index in [1.165, 1.54) is 0 Å². The predicted molar refractivity (Wildman–Crippen MR) is 75.2 cm³/mol. The Bertz CT molecular complexity index is 806. The monoisotopic (exact) mass is 602 g/mol. The van der Waals surface area contributed by atoms with Gasteiger partial charge in [0, 0.05) is 19.3 Å². The second-order valence-corrected chi connectivity index (χ2v) is 7.57. The van der Waals surface area contributed by atoms with Gasteiger partial charge < -0.3 is 9.47 Å². The first-order valence-electron chi connectivity index (χ1n) is 8.93. The molecule has 0 aliphatic carbocycles. The lowest BCUT2D eigenvalue weighted by Gasteiger charge is -2.37. The zero-order valence-electron chi connectivity index (χ0n) is 16.9. The van der Waals surface area contributed by atoms with Crippen LogP contribution in [-0.2, 0) is 9.47 Å². The normalized spacial score (nSPS) is 21.4. The number of hydrogen-bond acceptors (Lipinski definition) is 2. The van der Waals surface area contributed by atoms with E-state index in [0.29, 0.717) is 0 Å². The molecule has 1 rings (SSSR count). The smallest absolute Gasteiger partial charge is 0.347 e. The number of ether oxygens (including phenoxy) is 2. The molecule has 0 aromatic heterocycles. The van der Waals surface area contributed by atoms with E-state index >= 15 is 0 Å². The van der Waals surface area contributed by atoms with Crippen molar-refractivity contribution in [2.45, 2.75) is 78.9 Å². The van der Waals surface area contributed by atoms with Gasteiger partial charge in [-0.2, -0.15) is 87.8 Å². The highest BCUT2D eigenvalue weighted by molar-refractivity contribution is 5.07. The largest absolute Gasteiger partial charge is 0.460 e. The van der Waals surface area contributed by atoms with Gasteiger partial charge in [0.15, 0.2) is 5.79 Å². The standard InChI is InChI=1S/C15H10F20O2/c16-7(17,9(20,21)11(24,25)13(28,29)15(33,34)35)2-1-6(5-37-6)36-4-3-8(18,19)10(22,23)12(26,27)14(30,31)32/h1-5H2. The lowest BCUT2D eigenvalue weighted by atomic mass is 9.94. The fraction of sp³-hybridized carbons (Fsp3) is 1.00. The van der Waals surface area contributed by atoms with Crippen LogP contribution in [0.15, 0.2) is 0 Å². The Balaban J connectivity index is 2.93. The van der Waals surface area contributed by atoms with Crippen LogP contribution in [0.5, 0.6) is 0 Å². The lowest BCUT2D eigenvalue weighted by Crippen LogP contribution is -2.66. The van der Waals surface area contributed by atoms with Crippen molar-refractivity contribution < 1.29 is 97.3 Å². The Morgan fingerprint density at radius 3 is 1.16 bits per heavy atom. The quantitative estimate of drug-likeness (QED) is 0.171. The highest BCUT2D eigenvalue weighted by atomic mass is 19.4. The minimum absolute atomic E-state index is 1.12. The maximum absolute atomic E-state index is 13.6. The van der Waals surface area contributed by atoms with Crippen molar-refractivity contribution in [3.05, 3.63) is 0 Å². The van der Waals surface area contributed by atoms with Crippen LogP contribution in [0.25, 0.3) is 0 Å². The maximum Gasteiger partial charge on any atom is 0.460 e. The van der Waals surface area contributed by atoms with Crippen LogP contribution >= 0.6 is 0 Å². The SMILES string of the molecule is FC(F)(F)C(F)(F)C(F)(F)C(F)(F)CCOC1(CCC(F)(F)C(F)(F)C(F)(F)C(F)(F)C(F)(F)F)CO1. The van der Waals surface area contributed by atoms with Crippen molar-refractivity contribution in [3.8, 4) is 0 Å². The topological polar surface area (TPSA) is 21.8 Å². The molecule has 37 heavy (non-hydrogen) atoms. The second kappa shape index (κ2) is 9.04. The van der Waals surface area contributed by atoms with E-state index in [1.54, 1.807) is 0 Å². The highest BCUT2D eigenvalue weighted by Gasteiger charge is 2.87. The summed E-state index contributed by atoms with van der Waals surface area (Å²) in [6.45, 7) is -3.15. The number of rotatable bonds is 12. The van der Waals surface area contributed by atoms with Gasteiger partial charge in [0.05, 0.1) is 6.61 Å². The van der Waals surface area contributed by atoms with Gasteiger partial charge in [-0.1, -0.05) is 0 Å². The lowest BCUT2D eigenvalue weighted by molar-refractivity contribution is -0.422. The molecule has 0 saturated carbocycles. The molecule has 0 aromatic carbocycles. The molecule has 0 aromatic rings. The molecular weight excluding hydrogens is 592 g/mol. The average Bonchev–Trinajstić information content (AvgIpc) is 3.44. The third-order valence-electron chi connectivity index (χ3n) is 4.88. The fourth-order valence-electron chi connectivity index (χ4n) is 2.42. The summed E-state index contributed by atoms with van der Waals surface area (Å²) in [5.41, 5.74) is 0. The Hall–Kier alpha value is -1.48. The van der Waals surface area contributed by atoms with Crippen molar-refractivity contribution in [2.24, 2.45) is 0 Å². The summed E-state index contributed by atoms with van der Waals surface area (Å²) in [6, 6.07) is 0. The number of epoxide rings is 1. The summed E-state index contributed by atoms with van der Waals surface area (Å²) >= 11 is 0. The number of hydrogen-bond donors (Lipinski definition) is 0. The molecule has 1 heterocycles. The van der Waals surface area contributed by atoms with Crippen LogP contribution in [0.3, 0.4) is 0 Å². The van der Waals surface area contributed by atoms with E-state index in [-0.39, 0.29) is 0 Å². The summed E-state index contributed by atoms with van der Waals surface area (Å²) in [6.07, 6.45) is -22.0. The molecule has 0 N–H and O–H groups in total. The third kappa shape index (κ3) is 5.49. The Labute approximate surface area is 190 Å². The molecule has 2 nitrogen and oxygen atoms in total. The van der Waals surface area contributed by atoms with E-state index in [1.807, 2.05) is 0 Å². The second-order valence-electron chi connectivity index (χ2n) is 7.57. The number of alkyl halides is 20. The molecular formula is C15H10F20O2. The zero-order valence-corrected chi connectivity index (χ0v) is 16.9. The van der Waals surface area contributed by atoms with Gasteiger partial charge in [-0.25, -0.2) is 0 Å². The fourth-order valence-corrected chi connectivity index (χ4v) is 2.42. The Kier molecular flexibility index (Phi) is 8.19. The van der Waals surface area contributed by atoms with Crippen LogP contribution in [0.1, 0.15) is 19.3 Å². The van der Waals surface area contributed by atoms with Crippen molar-refractivity contribution in [1.29, 1.82) is 0 Å². The van der Waals surface area contributed by atoms with Gasteiger partial charge in [-0.15, -0.1) is 0 Å². The van der Waals surface area contributed by atoms with E-state index in [9.17, 15) is 87.8 Å². The summed E-state index contributed by atoms with van der Waals surface area (Å²) < 4.78 is 265. The first kappa shape index (κ1) is 33.5.